The lowest BCUT2D eigenvalue weighted by molar-refractivity contribution is 0.457. The summed E-state index contributed by atoms with van der Waals surface area (Å²) in [6.07, 6.45) is 2.71. The molecular weight excluding hydrogens is 234 g/mol. The van der Waals surface area contributed by atoms with Gasteiger partial charge in [-0.05, 0) is 31.5 Å². The lowest BCUT2D eigenvalue weighted by Crippen LogP contribution is -2.24. The summed E-state index contributed by atoms with van der Waals surface area (Å²) >= 11 is 0. The number of nitrogens with zero attached hydrogens (tertiary/aromatic N) is 2. The Labute approximate surface area is 114 Å². The predicted molar refractivity (Wildman–Crippen MR) is 78.9 cm³/mol. The van der Waals surface area contributed by atoms with Crippen LogP contribution in [0, 0.1) is 6.92 Å². The van der Waals surface area contributed by atoms with E-state index >= 15 is 0 Å². The maximum Gasteiger partial charge on any atom is 0.134 e. The van der Waals surface area contributed by atoms with Crippen LogP contribution in [0.2, 0.25) is 0 Å². The van der Waals surface area contributed by atoms with Crippen molar-refractivity contribution in [2.75, 3.05) is 6.54 Å². The van der Waals surface area contributed by atoms with Crippen LogP contribution >= 0.6 is 0 Å². The molecule has 0 aliphatic rings. The van der Waals surface area contributed by atoms with E-state index < -0.39 is 0 Å². The van der Waals surface area contributed by atoms with Gasteiger partial charge in [-0.1, -0.05) is 38.1 Å². The third kappa shape index (κ3) is 2.99. The van der Waals surface area contributed by atoms with Crippen molar-refractivity contribution < 1.29 is 0 Å². The predicted octanol–water partition coefficient (Wildman–Crippen LogP) is 3.08. The number of aryl methyl sites for hydroxylation is 1. The Hall–Kier alpha value is -1.74. The second-order valence-corrected chi connectivity index (χ2v) is 5.50. The summed E-state index contributed by atoms with van der Waals surface area (Å²) in [5.41, 5.74) is 8.95. The first-order chi connectivity index (χ1) is 9.04. The first-order valence-corrected chi connectivity index (χ1v) is 6.64. The largest absolute Gasteiger partial charge is 0.330 e. The van der Waals surface area contributed by atoms with Gasteiger partial charge in [0.05, 0.1) is 5.69 Å². The summed E-state index contributed by atoms with van der Waals surface area (Å²) < 4.78 is 0. The molecule has 0 unspecified atom stereocenters. The molecule has 0 radical (unpaired) electrons. The molecule has 0 amide bonds. The minimum Gasteiger partial charge on any atom is -0.330 e. The van der Waals surface area contributed by atoms with Crippen LogP contribution in [0.4, 0.5) is 0 Å². The summed E-state index contributed by atoms with van der Waals surface area (Å²) in [6.45, 7) is 7.01. The van der Waals surface area contributed by atoms with Crippen molar-refractivity contribution in [1.29, 1.82) is 0 Å². The average Bonchev–Trinajstić information content (AvgIpc) is 2.39. The van der Waals surface area contributed by atoms with Crippen LogP contribution in [0.15, 0.2) is 36.5 Å². The molecule has 19 heavy (non-hydrogen) atoms. The highest BCUT2D eigenvalue weighted by Gasteiger charge is 2.23. The van der Waals surface area contributed by atoms with E-state index in [1.165, 1.54) is 5.56 Å². The van der Waals surface area contributed by atoms with Crippen molar-refractivity contribution in [2.45, 2.75) is 32.6 Å². The van der Waals surface area contributed by atoms with E-state index in [0.717, 1.165) is 23.5 Å². The zero-order valence-electron chi connectivity index (χ0n) is 11.9. The minimum absolute atomic E-state index is 0.0898. The fourth-order valence-electron chi connectivity index (χ4n) is 2.17. The Bertz CT molecular complexity index is 561. The summed E-state index contributed by atoms with van der Waals surface area (Å²) in [7, 11) is 0. The van der Waals surface area contributed by atoms with E-state index in [1.54, 1.807) is 0 Å². The molecule has 2 rings (SSSR count). The van der Waals surface area contributed by atoms with Gasteiger partial charge in [0, 0.05) is 17.2 Å². The third-order valence-electron chi connectivity index (χ3n) is 3.45. The molecule has 0 saturated heterocycles. The van der Waals surface area contributed by atoms with Crippen molar-refractivity contribution in [2.24, 2.45) is 5.73 Å². The van der Waals surface area contributed by atoms with Crippen LogP contribution in [0.5, 0.6) is 0 Å². The molecule has 3 heteroatoms. The van der Waals surface area contributed by atoms with Crippen LogP contribution in [0.25, 0.3) is 11.3 Å². The number of benzene rings is 1. The van der Waals surface area contributed by atoms with Gasteiger partial charge < -0.3 is 5.73 Å². The normalized spacial score (nSPS) is 11.6. The van der Waals surface area contributed by atoms with Gasteiger partial charge in [0.1, 0.15) is 5.82 Å². The van der Waals surface area contributed by atoms with E-state index in [1.807, 2.05) is 24.4 Å². The first kappa shape index (κ1) is 13.7. The lowest BCUT2D eigenvalue weighted by atomic mass is 9.88. The summed E-state index contributed by atoms with van der Waals surface area (Å²) in [5, 5.41) is 0. The van der Waals surface area contributed by atoms with Crippen molar-refractivity contribution >= 4 is 0 Å². The Kier molecular flexibility index (Phi) is 3.96. The van der Waals surface area contributed by atoms with Gasteiger partial charge in [-0.15, -0.1) is 0 Å². The molecular formula is C16H21N3. The molecule has 2 N–H and O–H groups in total. The SMILES string of the molecule is Cc1ccccc1-c1ccnc(C(C)(C)CCN)n1. The van der Waals surface area contributed by atoms with Gasteiger partial charge in [-0.2, -0.15) is 0 Å². The summed E-state index contributed by atoms with van der Waals surface area (Å²) in [6, 6.07) is 10.2. The topological polar surface area (TPSA) is 51.8 Å². The third-order valence-corrected chi connectivity index (χ3v) is 3.45. The van der Waals surface area contributed by atoms with E-state index in [-0.39, 0.29) is 5.41 Å². The molecule has 1 heterocycles. The zero-order valence-corrected chi connectivity index (χ0v) is 11.9. The van der Waals surface area contributed by atoms with Crippen molar-refractivity contribution in [3.8, 4) is 11.3 Å². The molecule has 0 aliphatic heterocycles. The van der Waals surface area contributed by atoms with Crippen LogP contribution in [-0.2, 0) is 5.41 Å². The molecule has 0 saturated carbocycles. The van der Waals surface area contributed by atoms with Crippen molar-refractivity contribution in [1.82, 2.24) is 9.97 Å². The molecule has 0 fully saturated rings. The molecule has 1 aromatic carbocycles. The monoisotopic (exact) mass is 255 g/mol. The molecule has 0 atom stereocenters. The molecule has 0 bridgehead atoms. The first-order valence-electron chi connectivity index (χ1n) is 6.64. The number of hydrogen-bond donors (Lipinski definition) is 1. The fourth-order valence-corrected chi connectivity index (χ4v) is 2.17. The van der Waals surface area contributed by atoms with Crippen molar-refractivity contribution in [3.63, 3.8) is 0 Å². The Morgan fingerprint density at radius 3 is 2.58 bits per heavy atom. The molecule has 2 aromatic rings. The molecule has 1 aromatic heterocycles. The van der Waals surface area contributed by atoms with Crippen LogP contribution < -0.4 is 5.73 Å². The van der Waals surface area contributed by atoms with Gasteiger partial charge in [0.15, 0.2) is 0 Å². The second-order valence-electron chi connectivity index (χ2n) is 5.50. The highest BCUT2D eigenvalue weighted by Crippen LogP contribution is 2.26. The highest BCUT2D eigenvalue weighted by molar-refractivity contribution is 5.62. The molecule has 0 aliphatic carbocycles. The number of hydrogen-bond acceptors (Lipinski definition) is 3. The average molecular weight is 255 g/mol. The van der Waals surface area contributed by atoms with Crippen LogP contribution in [0.1, 0.15) is 31.7 Å². The van der Waals surface area contributed by atoms with E-state index in [2.05, 4.69) is 37.9 Å². The Balaban J connectivity index is 2.43. The maximum absolute atomic E-state index is 5.67. The van der Waals surface area contributed by atoms with E-state index in [0.29, 0.717) is 6.54 Å². The second kappa shape index (κ2) is 5.49. The molecule has 100 valence electrons. The van der Waals surface area contributed by atoms with Gasteiger partial charge in [-0.3, -0.25) is 0 Å². The van der Waals surface area contributed by atoms with Crippen LogP contribution in [0.3, 0.4) is 0 Å². The maximum atomic E-state index is 5.67. The number of aromatic nitrogens is 2. The van der Waals surface area contributed by atoms with Crippen molar-refractivity contribution in [3.05, 3.63) is 47.9 Å². The summed E-state index contributed by atoms with van der Waals surface area (Å²) in [4.78, 5) is 9.15. The van der Waals surface area contributed by atoms with E-state index in [9.17, 15) is 0 Å². The quantitative estimate of drug-likeness (QED) is 0.913. The van der Waals surface area contributed by atoms with Gasteiger partial charge in [0.2, 0.25) is 0 Å². The highest BCUT2D eigenvalue weighted by atomic mass is 14.9. The smallest absolute Gasteiger partial charge is 0.134 e. The Morgan fingerprint density at radius 1 is 1.16 bits per heavy atom. The number of rotatable bonds is 4. The van der Waals surface area contributed by atoms with Gasteiger partial charge in [-0.25, -0.2) is 9.97 Å². The molecule has 3 nitrogen and oxygen atoms in total. The van der Waals surface area contributed by atoms with Gasteiger partial charge >= 0.3 is 0 Å². The fraction of sp³-hybridized carbons (Fsp3) is 0.375. The van der Waals surface area contributed by atoms with Gasteiger partial charge in [0.25, 0.3) is 0 Å². The lowest BCUT2D eigenvalue weighted by Gasteiger charge is -2.22. The summed E-state index contributed by atoms with van der Waals surface area (Å²) in [5.74, 6) is 0.860. The molecule has 0 spiro atoms. The standard InChI is InChI=1S/C16H21N3/c1-12-6-4-5-7-13(12)14-8-11-18-15(19-14)16(2,3)9-10-17/h4-8,11H,9-10,17H2,1-3H3. The Morgan fingerprint density at radius 2 is 1.89 bits per heavy atom. The number of nitrogens with two attached hydrogens (primary N) is 1. The minimum atomic E-state index is -0.0898. The van der Waals surface area contributed by atoms with E-state index in [4.69, 9.17) is 10.7 Å². The zero-order chi connectivity index (χ0) is 13.9. The van der Waals surface area contributed by atoms with Crippen LogP contribution in [-0.4, -0.2) is 16.5 Å².